The minimum Gasteiger partial charge on any atom is -0.454 e. The summed E-state index contributed by atoms with van der Waals surface area (Å²) in [7, 11) is 0. The van der Waals surface area contributed by atoms with Crippen molar-refractivity contribution in [3.8, 4) is 67.8 Å². The molecule has 4 heterocycles. The van der Waals surface area contributed by atoms with Crippen LogP contribution in [0.15, 0.2) is 241 Å². The topological polar surface area (TPSA) is 61.7 Å². The number of furan rings is 1. The number of nitrogens with zero attached hydrogens (tertiary/aromatic N) is 5. The maximum atomic E-state index is 7.02. The average molecular weight is 882 g/mol. The number of hydrogen-bond donors (Lipinski definition) is 0. The molecule has 0 fully saturated rings. The van der Waals surface area contributed by atoms with E-state index < -0.39 is 0 Å². The normalized spacial score (nSPS) is 11.8. The molecule has 0 N–H and O–H groups in total. The molecule has 0 bridgehead atoms. The van der Waals surface area contributed by atoms with E-state index in [2.05, 4.69) is 234 Å². The lowest BCUT2D eigenvalue weighted by Crippen LogP contribution is -2.02. The van der Waals surface area contributed by atoms with E-state index in [0.717, 1.165) is 94.1 Å². The van der Waals surface area contributed by atoms with Crippen molar-refractivity contribution < 1.29 is 4.42 Å². The molecule has 0 aliphatic heterocycles. The Balaban J connectivity index is 0.991. The van der Waals surface area contributed by atoms with Crippen molar-refractivity contribution in [3.05, 3.63) is 237 Å². The van der Waals surface area contributed by atoms with Gasteiger partial charge in [-0.3, -0.25) is 0 Å². The van der Waals surface area contributed by atoms with Crippen molar-refractivity contribution in [2.45, 2.75) is 0 Å². The SMILES string of the molecule is c1ccc(-c2ccc(-c3nc(-c4ccc(-c5ccccc5)cc4)nc(-c4cccc5c6ccc7c8cc(-n9c%10ccccc%10c%10ccccc%109)ccc8oc7c6n(-c6ccccc6)c45)n3)cc2)cc1. The molecule has 14 aromatic rings. The molecule has 6 nitrogen and oxygen atoms in total. The second kappa shape index (κ2) is 15.6. The number of fused-ring (bicyclic) bond motifs is 10. The van der Waals surface area contributed by atoms with Gasteiger partial charge in [-0.1, -0.05) is 182 Å². The predicted octanol–water partition coefficient (Wildman–Crippen LogP) is 16.3. The van der Waals surface area contributed by atoms with Gasteiger partial charge in [0, 0.05) is 60.4 Å². The summed E-state index contributed by atoms with van der Waals surface area (Å²) in [6, 6.07) is 83.1. The highest BCUT2D eigenvalue weighted by Gasteiger charge is 2.24. The fourth-order valence-corrected chi connectivity index (χ4v) is 10.4. The molecule has 4 aromatic heterocycles. The Hall–Kier alpha value is -9.39. The van der Waals surface area contributed by atoms with Gasteiger partial charge in [0.25, 0.3) is 0 Å². The third kappa shape index (κ3) is 6.30. The molecule has 0 aliphatic rings. The Morgan fingerprint density at radius 2 is 0.768 bits per heavy atom. The number of rotatable bonds is 7. The van der Waals surface area contributed by atoms with Crippen molar-refractivity contribution in [1.82, 2.24) is 24.1 Å². The number of hydrogen-bond acceptors (Lipinski definition) is 4. The Morgan fingerprint density at radius 3 is 1.38 bits per heavy atom. The van der Waals surface area contributed by atoms with Crippen LogP contribution in [-0.4, -0.2) is 24.1 Å². The summed E-state index contributed by atoms with van der Waals surface area (Å²) in [4.78, 5) is 15.9. The zero-order valence-electron chi connectivity index (χ0n) is 37.2. The standard InChI is InChI=1S/C63H39N5O/c1-4-15-40(16-5-1)42-27-31-44(32-28-42)61-64-62(45-33-29-43(30-34-45)41-17-6-2-7-18-41)66-63(65-61)53-24-14-23-50-51-36-37-52-54-39-47(67-55-25-12-10-21-48(55)49-22-11-13-26-56(49)67)35-38-57(54)69-60(52)59(51)68(58(50)53)46-19-8-3-9-20-46/h1-39H. The van der Waals surface area contributed by atoms with E-state index in [-0.39, 0.29) is 0 Å². The maximum absolute atomic E-state index is 7.02. The Labute approximate surface area is 396 Å². The van der Waals surface area contributed by atoms with Crippen LogP contribution in [-0.2, 0) is 0 Å². The molecule has 69 heavy (non-hydrogen) atoms. The number of para-hydroxylation sites is 4. The highest BCUT2D eigenvalue weighted by Crippen LogP contribution is 2.44. The van der Waals surface area contributed by atoms with Crippen molar-refractivity contribution in [2.75, 3.05) is 0 Å². The van der Waals surface area contributed by atoms with Gasteiger partial charge >= 0.3 is 0 Å². The number of aromatic nitrogens is 5. The lowest BCUT2D eigenvalue weighted by molar-refractivity contribution is 0.671. The first kappa shape index (κ1) is 38.8. The molecular formula is C63H39N5O. The van der Waals surface area contributed by atoms with Crippen LogP contribution >= 0.6 is 0 Å². The van der Waals surface area contributed by atoms with E-state index in [1.54, 1.807) is 0 Å². The van der Waals surface area contributed by atoms with Crippen molar-refractivity contribution >= 4 is 65.6 Å². The highest BCUT2D eigenvalue weighted by molar-refractivity contribution is 6.23. The van der Waals surface area contributed by atoms with E-state index in [0.29, 0.717) is 17.5 Å². The quantitative estimate of drug-likeness (QED) is 0.160. The van der Waals surface area contributed by atoms with Crippen LogP contribution in [0.1, 0.15) is 0 Å². The van der Waals surface area contributed by atoms with Gasteiger partial charge in [-0.05, 0) is 76.9 Å². The fourth-order valence-electron chi connectivity index (χ4n) is 10.4. The zero-order chi connectivity index (χ0) is 45.4. The third-order valence-electron chi connectivity index (χ3n) is 13.6. The summed E-state index contributed by atoms with van der Waals surface area (Å²) >= 11 is 0. The van der Waals surface area contributed by atoms with Crippen molar-refractivity contribution in [1.29, 1.82) is 0 Å². The van der Waals surface area contributed by atoms with Crippen LogP contribution in [0.25, 0.3) is 133 Å². The van der Waals surface area contributed by atoms with Gasteiger partial charge in [-0.2, -0.15) is 0 Å². The molecule has 10 aromatic carbocycles. The van der Waals surface area contributed by atoms with Gasteiger partial charge < -0.3 is 13.6 Å². The monoisotopic (exact) mass is 881 g/mol. The molecule has 0 radical (unpaired) electrons. The second-order valence-corrected chi connectivity index (χ2v) is 17.6. The Kier molecular flexibility index (Phi) is 8.79. The Bertz CT molecular complexity index is 4110. The van der Waals surface area contributed by atoms with E-state index in [4.69, 9.17) is 19.4 Å². The molecule has 6 heteroatoms. The molecular weight excluding hydrogens is 843 g/mol. The van der Waals surface area contributed by atoms with Crippen molar-refractivity contribution in [3.63, 3.8) is 0 Å². The molecule has 14 rings (SSSR count). The summed E-state index contributed by atoms with van der Waals surface area (Å²) in [6.07, 6.45) is 0. The summed E-state index contributed by atoms with van der Waals surface area (Å²) in [5, 5.41) is 6.71. The van der Waals surface area contributed by atoms with E-state index in [1.807, 2.05) is 12.1 Å². The molecule has 322 valence electrons. The number of benzene rings is 10. The van der Waals surface area contributed by atoms with Crippen LogP contribution in [0.5, 0.6) is 0 Å². The summed E-state index contributed by atoms with van der Waals surface area (Å²) < 4.78 is 11.7. The van der Waals surface area contributed by atoms with Gasteiger partial charge in [0.05, 0.1) is 22.1 Å². The molecule has 0 aliphatic carbocycles. The Morgan fingerprint density at radius 1 is 0.290 bits per heavy atom. The maximum Gasteiger partial charge on any atom is 0.166 e. The van der Waals surface area contributed by atoms with Crippen LogP contribution in [0.4, 0.5) is 0 Å². The smallest absolute Gasteiger partial charge is 0.166 e. The van der Waals surface area contributed by atoms with Crippen molar-refractivity contribution in [2.24, 2.45) is 0 Å². The van der Waals surface area contributed by atoms with Gasteiger partial charge in [0.1, 0.15) is 5.58 Å². The van der Waals surface area contributed by atoms with Gasteiger partial charge in [-0.25, -0.2) is 15.0 Å². The molecule has 0 unspecified atom stereocenters. The van der Waals surface area contributed by atoms with E-state index in [9.17, 15) is 0 Å². The van der Waals surface area contributed by atoms with Gasteiger partial charge in [0.15, 0.2) is 23.1 Å². The predicted molar refractivity (Wildman–Crippen MR) is 283 cm³/mol. The van der Waals surface area contributed by atoms with E-state index in [1.165, 1.54) is 21.8 Å². The second-order valence-electron chi connectivity index (χ2n) is 17.6. The van der Waals surface area contributed by atoms with Crippen LogP contribution in [0.2, 0.25) is 0 Å². The summed E-state index contributed by atoms with van der Waals surface area (Å²) in [6.45, 7) is 0. The minimum absolute atomic E-state index is 0.580. The largest absolute Gasteiger partial charge is 0.454 e. The summed E-state index contributed by atoms with van der Waals surface area (Å²) in [5.41, 5.74) is 15.3. The zero-order valence-corrected chi connectivity index (χ0v) is 37.2. The van der Waals surface area contributed by atoms with E-state index >= 15 is 0 Å². The fraction of sp³-hybridized carbons (Fsp3) is 0. The molecule has 0 saturated heterocycles. The lowest BCUT2D eigenvalue weighted by atomic mass is 10.0. The highest BCUT2D eigenvalue weighted by atomic mass is 16.3. The van der Waals surface area contributed by atoms with Gasteiger partial charge in [-0.15, -0.1) is 0 Å². The summed E-state index contributed by atoms with van der Waals surface area (Å²) in [5.74, 6) is 1.77. The minimum atomic E-state index is 0.580. The molecule has 0 saturated carbocycles. The van der Waals surface area contributed by atoms with Crippen LogP contribution in [0, 0.1) is 0 Å². The average Bonchev–Trinajstić information content (AvgIpc) is 4.09. The third-order valence-corrected chi connectivity index (χ3v) is 13.6. The molecule has 0 spiro atoms. The first-order chi connectivity index (χ1) is 34.2. The first-order valence-corrected chi connectivity index (χ1v) is 23.3. The lowest BCUT2D eigenvalue weighted by Gasteiger charge is -2.13. The van der Waals surface area contributed by atoms with Gasteiger partial charge in [0.2, 0.25) is 0 Å². The van der Waals surface area contributed by atoms with Crippen LogP contribution in [0.3, 0.4) is 0 Å². The van der Waals surface area contributed by atoms with Crippen LogP contribution < -0.4 is 0 Å². The first-order valence-electron chi connectivity index (χ1n) is 23.3. The molecule has 0 atom stereocenters. The molecule has 0 amide bonds.